The summed E-state index contributed by atoms with van der Waals surface area (Å²) < 4.78 is 27.1. The maximum absolute atomic E-state index is 12.2. The molecule has 2 N–H and O–H groups in total. The van der Waals surface area contributed by atoms with Crippen molar-refractivity contribution in [1.82, 2.24) is 5.32 Å². The number of anilines is 1. The zero-order valence-corrected chi connectivity index (χ0v) is 12.3. The molecule has 0 spiro atoms. The monoisotopic (exact) mass is 282 g/mol. The van der Waals surface area contributed by atoms with Crippen molar-refractivity contribution in [1.29, 1.82) is 0 Å². The van der Waals surface area contributed by atoms with Crippen molar-refractivity contribution in [2.75, 3.05) is 17.8 Å². The molecule has 1 aliphatic rings. The quantitative estimate of drug-likeness (QED) is 0.891. The zero-order valence-electron chi connectivity index (χ0n) is 11.5. The van der Waals surface area contributed by atoms with Crippen LogP contribution >= 0.6 is 0 Å². The number of sulfonamides is 1. The Hall–Kier alpha value is -1.07. The van der Waals surface area contributed by atoms with Crippen LogP contribution in [0.4, 0.5) is 5.69 Å². The van der Waals surface area contributed by atoms with Gasteiger partial charge in [0, 0.05) is 12.2 Å². The molecule has 0 aliphatic carbocycles. The normalized spacial score (nSPS) is 20.5. The molecule has 0 amide bonds. The van der Waals surface area contributed by atoms with Crippen molar-refractivity contribution in [2.24, 2.45) is 0 Å². The highest BCUT2D eigenvalue weighted by atomic mass is 32.2. The lowest BCUT2D eigenvalue weighted by Gasteiger charge is -2.23. The Balaban J connectivity index is 2.06. The number of hydrogen-bond donors (Lipinski definition) is 2. The van der Waals surface area contributed by atoms with Gasteiger partial charge in [-0.3, -0.25) is 4.72 Å². The van der Waals surface area contributed by atoms with E-state index in [2.05, 4.69) is 23.9 Å². The van der Waals surface area contributed by atoms with E-state index in [1.54, 1.807) is 0 Å². The second-order valence-electron chi connectivity index (χ2n) is 5.39. The molecule has 1 aromatic carbocycles. The van der Waals surface area contributed by atoms with E-state index in [9.17, 15) is 8.42 Å². The summed E-state index contributed by atoms with van der Waals surface area (Å²) in [7, 11) is -3.28. The van der Waals surface area contributed by atoms with Gasteiger partial charge in [0.15, 0.2) is 0 Å². The summed E-state index contributed by atoms with van der Waals surface area (Å²) in [5.74, 6) is 0.452. The van der Waals surface area contributed by atoms with Gasteiger partial charge >= 0.3 is 0 Å². The van der Waals surface area contributed by atoms with Crippen LogP contribution in [0.2, 0.25) is 0 Å². The fourth-order valence-corrected chi connectivity index (χ4v) is 3.71. The Labute approximate surface area is 115 Å². The topological polar surface area (TPSA) is 58.2 Å². The maximum atomic E-state index is 12.2. The second kappa shape index (κ2) is 5.92. The Morgan fingerprint density at radius 2 is 1.95 bits per heavy atom. The highest BCUT2D eigenvalue weighted by molar-refractivity contribution is 7.93. The zero-order chi connectivity index (χ0) is 13.9. The first-order valence-corrected chi connectivity index (χ1v) is 8.36. The van der Waals surface area contributed by atoms with E-state index in [-0.39, 0.29) is 5.25 Å². The molecule has 4 nitrogen and oxygen atoms in total. The van der Waals surface area contributed by atoms with Crippen molar-refractivity contribution >= 4 is 15.7 Å². The summed E-state index contributed by atoms with van der Waals surface area (Å²) in [6.45, 7) is 5.69. The lowest BCUT2D eigenvalue weighted by atomic mass is 10.0. The van der Waals surface area contributed by atoms with Gasteiger partial charge < -0.3 is 5.32 Å². The fraction of sp³-hybridized carbons (Fsp3) is 0.571. The first kappa shape index (κ1) is 14.3. The average Bonchev–Trinajstić information content (AvgIpc) is 2.40. The number of nitrogens with one attached hydrogen (secondary N) is 2. The minimum Gasteiger partial charge on any atom is -0.315 e. The van der Waals surface area contributed by atoms with Crippen LogP contribution in [0.1, 0.15) is 38.2 Å². The molecule has 1 heterocycles. The van der Waals surface area contributed by atoms with E-state index < -0.39 is 10.0 Å². The third-order valence-electron chi connectivity index (χ3n) is 3.53. The summed E-state index contributed by atoms with van der Waals surface area (Å²) in [5.41, 5.74) is 1.86. The van der Waals surface area contributed by atoms with Gasteiger partial charge in [-0.2, -0.15) is 0 Å². The molecule has 2 rings (SSSR count). The summed E-state index contributed by atoms with van der Waals surface area (Å²) in [5, 5.41) is 2.80. The predicted molar refractivity (Wildman–Crippen MR) is 79.0 cm³/mol. The van der Waals surface area contributed by atoms with Crippen LogP contribution in [0, 0.1) is 0 Å². The van der Waals surface area contributed by atoms with Crippen LogP contribution in [0.15, 0.2) is 24.3 Å². The van der Waals surface area contributed by atoms with E-state index in [1.165, 1.54) is 5.56 Å². The third kappa shape index (κ3) is 3.70. The average molecular weight is 282 g/mol. The number of piperidine rings is 1. The van der Waals surface area contributed by atoms with E-state index in [4.69, 9.17) is 0 Å². The van der Waals surface area contributed by atoms with Crippen LogP contribution in [-0.4, -0.2) is 26.8 Å². The van der Waals surface area contributed by atoms with Gasteiger partial charge in [0.05, 0.1) is 5.25 Å². The SMILES string of the molecule is CC(C)c1ccc(NS(=O)(=O)C2CCCNC2)cc1. The molecular weight excluding hydrogens is 260 g/mol. The molecule has 1 aromatic rings. The molecule has 0 radical (unpaired) electrons. The highest BCUT2D eigenvalue weighted by Crippen LogP contribution is 2.20. The first-order valence-electron chi connectivity index (χ1n) is 6.81. The molecule has 1 unspecified atom stereocenters. The minimum absolute atomic E-state index is 0.328. The molecule has 1 fully saturated rings. The molecule has 0 saturated carbocycles. The van der Waals surface area contributed by atoms with Crippen molar-refractivity contribution in [3.05, 3.63) is 29.8 Å². The lowest BCUT2D eigenvalue weighted by Crippen LogP contribution is -2.41. The molecule has 19 heavy (non-hydrogen) atoms. The van der Waals surface area contributed by atoms with E-state index in [0.717, 1.165) is 19.4 Å². The second-order valence-corrected chi connectivity index (χ2v) is 7.35. The van der Waals surface area contributed by atoms with Crippen molar-refractivity contribution in [3.63, 3.8) is 0 Å². The molecule has 1 aliphatic heterocycles. The van der Waals surface area contributed by atoms with Gasteiger partial charge in [-0.05, 0) is 43.0 Å². The molecular formula is C14H22N2O2S. The smallest absolute Gasteiger partial charge is 0.236 e. The highest BCUT2D eigenvalue weighted by Gasteiger charge is 2.26. The minimum atomic E-state index is -3.28. The molecule has 0 bridgehead atoms. The largest absolute Gasteiger partial charge is 0.315 e. The van der Waals surface area contributed by atoms with Gasteiger partial charge in [0.25, 0.3) is 0 Å². The third-order valence-corrected chi connectivity index (χ3v) is 5.33. The summed E-state index contributed by atoms with van der Waals surface area (Å²) in [4.78, 5) is 0. The molecule has 106 valence electrons. The van der Waals surface area contributed by atoms with Gasteiger partial charge in [-0.15, -0.1) is 0 Å². The van der Waals surface area contributed by atoms with Crippen molar-refractivity contribution in [2.45, 2.75) is 37.9 Å². The lowest BCUT2D eigenvalue weighted by molar-refractivity contribution is 0.499. The van der Waals surface area contributed by atoms with E-state index in [1.807, 2.05) is 24.3 Å². The first-order chi connectivity index (χ1) is 8.99. The van der Waals surface area contributed by atoms with Gasteiger partial charge in [0.2, 0.25) is 10.0 Å². The molecule has 1 atom stereocenters. The van der Waals surface area contributed by atoms with Gasteiger partial charge in [-0.1, -0.05) is 26.0 Å². The fourth-order valence-electron chi connectivity index (χ4n) is 2.27. The van der Waals surface area contributed by atoms with Crippen LogP contribution in [0.25, 0.3) is 0 Å². The molecule has 5 heteroatoms. The summed E-state index contributed by atoms with van der Waals surface area (Å²) in [6.07, 6.45) is 1.64. The van der Waals surface area contributed by atoms with E-state index in [0.29, 0.717) is 18.2 Å². The van der Waals surface area contributed by atoms with E-state index >= 15 is 0 Å². The Bertz CT molecular complexity index is 503. The number of hydrogen-bond acceptors (Lipinski definition) is 3. The predicted octanol–water partition coefficient (Wildman–Crippen LogP) is 2.30. The van der Waals surface area contributed by atoms with Crippen LogP contribution in [0.5, 0.6) is 0 Å². The summed E-state index contributed by atoms with van der Waals surface area (Å²) >= 11 is 0. The Kier molecular flexibility index (Phi) is 4.47. The van der Waals surface area contributed by atoms with Crippen molar-refractivity contribution < 1.29 is 8.42 Å². The Morgan fingerprint density at radius 1 is 1.26 bits per heavy atom. The molecule has 1 saturated heterocycles. The van der Waals surface area contributed by atoms with Gasteiger partial charge in [-0.25, -0.2) is 8.42 Å². The van der Waals surface area contributed by atoms with Gasteiger partial charge in [0.1, 0.15) is 0 Å². The molecule has 0 aromatic heterocycles. The maximum Gasteiger partial charge on any atom is 0.236 e. The van der Waals surface area contributed by atoms with Crippen LogP contribution in [-0.2, 0) is 10.0 Å². The van der Waals surface area contributed by atoms with Crippen molar-refractivity contribution in [3.8, 4) is 0 Å². The summed E-state index contributed by atoms with van der Waals surface area (Å²) in [6, 6.07) is 7.62. The Morgan fingerprint density at radius 3 is 2.47 bits per heavy atom. The standard InChI is InChI=1S/C14H22N2O2S/c1-11(2)12-5-7-13(8-6-12)16-19(17,18)14-4-3-9-15-10-14/h5-8,11,14-16H,3-4,9-10H2,1-2H3. The number of rotatable bonds is 4. The number of benzene rings is 1. The van der Waals surface area contributed by atoms with Crippen LogP contribution in [0.3, 0.4) is 0 Å². The van der Waals surface area contributed by atoms with Crippen LogP contribution < -0.4 is 10.0 Å².